The van der Waals surface area contributed by atoms with E-state index < -0.39 is 6.04 Å². The summed E-state index contributed by atoms with van der Waals surface area (Å²) in [5.41, 5.74) is 7.40. The highest BCUT2D eigenvalue weighted by molar-refractivity contribution is 6.05. The van der Waals surface area contributed by atoms with Crippen molar-refractivity contribution in [3.05, 3.63) is 83.2 Å². The molecule has 0 spiro atoms. The van der Waals surface area contributed by atoms with Crippen LogP contribution in [0.15, 0.2) is 60.8 Å². The Morgan fingerprint density at radius 2 is 1.81 bits per heavy atom. The maximum Gasteiger partial charge on any atom is 0.255 e. The SMILES string of the molecule is Cn1ncc(-c2ccc3c(c2)CN(C2CCC(=O)NC2=O)C3=O)c1C1=CCC(c2ccccc2)CC1. The lowest BCUT2D eigenvalue weighted by Crippen LogP contribution is -2.52. The first kappa shape index (κ1) is 22.5. The zero-order valence-electron chi connectivity index (χ0n) is 20.2. The lowest BCUT2D eigenvalue weighted by Gasteiger charge is -2.29. The van der Waals surface area contributed by atoms with Gasteiger partial charge in [0.25, 0.3) is 5.91 Å². The predicted octanol–water partition coefficient (Wildman–Crippen LogP) is 4.20. The minimum absolute atomic E-state index is 0.153. The van der Waals surface area contributed by atoms with E-state index in [0.29, 0.717) is 24.4 Å². The van der Waals surface area contributed by atoms with Crippen LogP contribution in [-0.2, 0) is 23.2 Å². The minimum atomic E-state index is -0.607. The number of carbonyl (C=O) groups is 3. The number of nitrogens with one attached hydrogen (secondary N) is 1. The van der Waals surface area contributed by atoms with E-state index in [1.54, 1.807) is 4.90 Å². The average Bonchev–Trinajstić information content (AvgIpc) is 3.44. The van der Waals surface area contributed by atoms with Crippen LogP contribution in [0.1, 0.15) is 65.2 Å². The van der Waals surface area contributed by atoms with Gasteiger partial charge in [0.1, 0.15) is 6.04 Å². The standard InChI is InChI=1S/C29H28N4O3/c1-32-27(20-9-7-19(8-10-20)18-5-3-2-4-6-18)24(16-30-32)21-11-12-23-22(15-21)17-33(29(23)36)25-13-14-26(34)31-28(25)35/h2-6,9,11-12,15-16,19,25H,7-8,10,13-14,17H2,1H3,(H,31,34,35). The maximum atomic E-state index is 13.1. The number of carbonyl (C=O) groups excluding carboxylic acids is 3. The summed E-state index contributed by atoms with van der Waals surface area (Å²) in [6.45, 7) is 0.366. The van der Waals surface area contributed by atoms with Crippen LogP contribution in [0, 0.1) is 0 Å². The van der Waals surface area contributed by atoms with Crippen LogP contribution < -0.4 is 5.32 Å². The van der Waals surface area contributed by atoms with Crippen LogP contribution in [0.5, 0.6) is 0 Å². The molecule has 1 aliphatic carbocycles. The molecule has 6 rings (SSSR count). The summed E-state index contributed by atoms with van der Waals surface area (Å²) in [5, 5.41) is 6.93. The van der Waals surface area contributed by atoms with Crippen LogP contribution in [0.25, 0.3) is 16.7 Å². The van der Waals surface area contributed by atoms with E-state index in [9.17, 15) is 14.4 Å². The van der Waals surface area contributed by atoms with Crippen molar-refractivity contribution in [1.29, 1.82) is 0 Å². The molecule has 3 heterocycles. The van der Waals surface area contributed by atoms with Gasteiger partial charge >= 0.3 is 0 Å². The number of aryl methyl sites for hydroxylation is 1. The lowest BCUT2D eigenvalue weighted by atomic mass is 9.83. The second-order valence-corrected chi connectivity index (χ2v) is 9.91. The summed E-state index contributed by atoms with van der Waals surface area (Å²) < 4.78 is 1.94. The molecular weight excluding hydrogens is 452 g/mol. The number of aromatic nitrogens is 2. The summed E-state index contributed by atoms with van der Waals surface area (Å²) in [4.78, 5) is 38.6. The van der Waals surface area contributed by atoms with Crippen LogP contribution >= 0.6 is 0 Å². The molecule has 0 radical (unpaired) electrons. The van der Waals surface area contributed by atoms with Crippen molar-refractivity contribution in [3.63, 3.8) is 0 Å². The monoisotopic (exact) mass is 480 g/mol. The van der Waals surface area contributed by atoms with Crippen LogP contribution in [0.3, 0.4) is 0 Å². The molecule has 3 amide bonds. The first-order valence-corrected chi connectivity index (χ1v) is 12.5. The van der Waals surface area contributed by atoms with Crippen molar-refractivity contribution >= 4 is 23.3 Å². The number of hydrogen-bond donors (Lipinski definition) is 1. The first-order valence-electron chi connectivity index (χ1n) is 12.5. The van der Waals surface area contributed by atoms with E-state index in [1.165, 1.54) is 11.1 Å². The van der Waals surface area contributed by atoms with Gasteiger partial charge in [-0.1, -0.05) is 42.5 Å². The molecule has 3 aromatic rings. The van der Waals surface area contributed by atoms with Crippen molar-refractivity contribution in [2.45, 2.75) is 50.6 Å². The highest BCUT2D eigenvalue weighted by Gasteiger charge is 2.39. The van der Waals surface area contributed by atoms with E-state index >= 15 is 0 Å². The molecule has 7 nitrogen and oxygen atoms in total. The zero-order chi connectivity index (χ0) is 24.8. The molecule has 36 heavy (non-hydrogen) atoms. The van der Waals surface area contributed by atoms with Gasteiger partial charge in [0.15, 0.2) is 0 Å². The summed E-state index contributed by atoms with van der Waals surface area (Å²) in [6.07, 6.45) is 7.95. The molecule has 3 aliphatic rings. The topological polar surface area (TPSA) is 84.3 Å². The molecule has 2 aromatic carbocycles. The van der Waals surface area contributed by atoms with E-state index in [1.807, 2.05) is 30.1 Å². The minimum Gasteiger partial charge on any atom is -0.322 e. The Labute approximate surface area is 209 Å². The Morgan fingerprint density at radius 1 is 0.972 bits per heavy atom. The average molecular weight is 481 g/mol. The van der Waals surface area contributed by atoms with Gasteiger partial charge in [-0.25, -0.2) is 0 Å². The number of rotatable bonds is 4. The van der Waals surface area contributed by atoms with E-state index in [-0.39, 0.29) is 24.1 Å². The van der Waals surface area contributed by atoms with Gasteiger partial charge in [-0.2, -0.15) is 5.10 Å². The molecule has 1 fully saturated rings. The van der Waals surface area contributed by atoms with Crippen LogP contribution in [0.2, 0.25) is 0 Å². The molecule has 7 heteroatoms. The van der Waals surface area contributed by atoms with Gasteiger partial charge in [-0.3, -0.25) is 24.4 Å². The highest BCUT2D eigenvalue weighted by Crippen LogP contribution is 2.40. The Hall–Kier alpha value is -4.00. The Kier molecular flexibility index (Phi) is 5.55. The molecule has 0 bridgehead atoms. The van der Waals surface area contributed by atoms with Crippen molar-refractivity contribution in [1.82, 2.24) is 20.0 Å². The van der Waals surface area contributed by atoms with Crippen LogP contribution in [0.4, 0.5) is 0 Å². The number of benzene rings is 2. The van der Waals surface area contributed by atoms with Gasteiger partial charge in [0, 0.05) is 31.1 Å². The van der Waals surface area contributed by atoms with E-state index in [2.05, 4.69) is 52.9 Å². The Bertz CT molecular complexity index is 1410. The lowest BCUT2D eigenvalue weighted by molar-refractivity contribution is -0.136. The van der Waals surface area contributed by atoms with E-state index in [0.717, 1.165) is 41.6 Å². The number of fused-ring (bicyclic) bond motifs is 1. The fraction of sp³-hybridized carbons (Fsp3) is 0.310. The van der Waals surface area contributed by atoms with Crippen LogP contribution in [-0.4, -0.2) is 38.4 Å². The maximum absolute atomic E-state index is 13.1. The summed E-state index contributed by atoms with van der Waals surface area (Å²) >= 11 is 0. The third-order valence-electron chi connectivity index (χ3n) is 7.76. The normalized spacial score (nSPS) is 21.9. The highest BCUT2D eigenvalue weighted by atomic mass is 16.2. The zero-order valence-corrected chi connectivity index (χ0v) is 20.2. The predicted molar refractivity (Wildman–Crippen MR) is 136 cm³/mol. The Morgan fingerprint density at radius 3 is 2.56 bits per heavy atom. The number of nitrogens with zero attached hydrogens (tertiary/aromatic N) is 3. The summed E-state index contributed by atoms with van der Waals surface area (Å²) in [7, 11) is 1.98. The number of piperidine rings is 1. The fourth-order valence-corrected chi connectivity index (χ4v) is 5.85. The van der Waals surface area contributed by atoms with Gasteiger partial charge in [0.2, 0.25) is 11.8 Å². The summed E-state index contributed by atoms with van der Waals surface area (Å²) in [6, 6.07) is 16.0. The molecule has 2 atom stereocenters. The Balaban J connectivity index is 1.26. The molecule has 0 saturated carbocycles. The van der Waals surface area contributed by atoms with Gasteiger partial charge in [-0.15, -0.1) is 0 Å². The molecule has 1 saturated heterocycles. The van der Waals surface area contributed by atoms with Crippen molar-refractivity contribution < 1.29 is 14.4 Å². The number of imide groups is 1. The quantitative estimate of drug-likeness (QED) is 0.568. The van der Waals surface area contributed by atoms with Gasteiger partial charge in [0.05, 0.1) is 11.9 Å². The molecule has 1 aromatic heterocycles. The van der Waals surface area contributed by atoms with E-state index in [4.69, 9.17) is 0 Å². The largest absolute Gasteiger partial charge is 0.322 e. The molecule has 2 aliphatic heterocycles. The fourth-order valence-electron chi connectivity index (χ4n) is 5.85. The third-order valence-corrected chi connectivity index (χ3v) is 7.76. The number of hydrogen-bond acceptors (Lipinski definition) is 4. The molecule has 1 N–H and O–H groups in total. The molecule has 182 valence electrons. The van der Waals surface area contributed by atoms with Crippen molar-refractivity contribution in [2.24, 2.45) is 7.05 Å². The number of allylic oxidation sites excluding steroid dienone is 2. The second kappa shape index (κ2) is 8.90. The smallest absolute Gasteiger partial charge is 0.255 e. The van der Waals surface area contributed by atoms with Crippen molar-refractivity contribution in [2.75, 3.05) is 0 Å². The van der Waals surface area contributed by atoms with Crippen molar-refractivity contribution in [3.8, 4) is 11.1 Å². The van der Waals surface area contributed by atoms with Gasteiger partial charge < -0.3 is 4.90 Å². The second-order valence-electron chi connectivity index (χ2n) is 9.91. The third kappa shape index (κ3) is 3.85. The molecular formula is C29H28N4O3. The van der Waals surface area contributed by atoms with Gasteiger partial charge in [-0.05, 0) is 66.0 Å². The first-order chi connectivity index (χ1) is 17.5. The summed E-state index contributed by atoms with van der Waals surface area (Å²) in [5.74, 6) is -0.283. The molecule has 2 unspecified atom stereocenters. The number of amides is 3.